The predicted octanol–water partition coefficient (Wildman–Crippen LogP) is 1.61. The molecule has 4 atom stereocenters. The Bertz CT molecular complexity index is 743. The first-order valence-corrected chi connectivity index (χ1v) is 11.7. The van der Waals surface area contributed by atoms with Crippen molar-refractivity contribution in [2.75, 3.05) is 53.0 Å². The summed E-state index contributed by atoms with van der Waals surface area (Å²) in [6, 6.07) is 8.00. The molecule has 0 aromatic heterocycles. The van der Waals surface area contributed by atoms with E-state index in [-0.39, 0.29) is 24.2 Å². The highest BCUT2D eigenvalue weighted by atomic mass is 35.5. The summed E-state index contributed by atoms with van der Waals surface area (Å²) in [4.78, 5) is 19.3. The predicted molar refractivity (Wildman–Crippen MR) is 119 cm³/mol. The topological polar surface area (TPSA) is 65.5 Å². The molecule has 4 rings (SSSR count). The van der Waals surface area contributed by atoms with Crippen LogP contribution >= 0.6 is 11.6 Å². The van der Waals surface area contributed by atoms with Gasteiger partial charge in [0.15, 0.2) is 0 Å². The third kappa shape index (κ3) is 6.18. The van der Waals surface area contributed by atoms with Crippen molar-refractivity contribution in [3.63, 3.8) is 0 Å². The Morgan fingerprint density at radius 3 is 2.77 bits per heavy atom. The summed E-state index contributed by atoms with van der Waals surface area (Å²) < 4.78 is 12.1. The maximum absolute atomic E-state index is 12.8. The highest BCUT2D eigenvalue weighted by Crippen LogP contribution is 2.29. The van der Waals surface area contributed by atoms with Gasteiger partial charge >= 0.3 is 0 Å². The zero-order valence-electron chi connectivity index (χ0n) is 18.3. The molecule has 31 heavy (non-hydrogen) atoms. The van der Waals surface area contributed by atoms with Crippen molar-refractivity contribution in [1.82, 2.24) is 14.7 Å². The van der Waals surface area contributed by atoms with Crippen molar-refractivity contribution in [2.45, 2.75) is 50.2 Å². The number of fused-ring (bicyclic) bond motifs is 1. The van der Waals surface area contributed by atoms with Crippen LogP contribution in [0.5, 0.6) is 0 Å². The lowest BCUT2D eigenvalue weighted by molar-refractivity contribution is -0.161. The van der Waals surface area contributed by atoms with E-state index in [1.165, 1.54) is 0 Å². The number of nitrogens with zero attached hydrogens (tertiary/aromatic N) is 3. The van der Waals surface area contributed by atoms with Crippen molar-refractivity contribution >= 4 is 17.5 Å². The minimum absolute atomic E-state index is 0.0747. The van der Waals surface area contributed by atoms with Gasteiger partial charge in [-0.15, -0.1) is 0 Å². The van der Waals surface area contributed by atoms with Gasteiger partial charge < -0.3 is 24.4 Å². The monoisotopic (exact) mass is 451 g/mol. The van der Waals surface area contributed by atoms with Crippen LogP contribution < -0.4 is 0 Å². The number of halogens is 1. The highest BCUT2D eigenvalue weighted by Gasteiger charge is 2.38. The molecule has 0 spiro atoms. The molecule has 3 aliphatic rings. The minimum Gasteiger partial charge on any atom is -0.389 e. The summed E-state index contributed by atoms with van der Waals surface area (Å²) >= 11 is 6.18. The molecule has 8 heteroatoms. The van der Waals surface area contributed by atoms with Gasteiger partial charge in [0, 0.05) is 50.3 Å². The quantitative estimate of drug-likeness (QED) is 0.750. The third-order valence-corrected chi connectivity index (χ3v) is 6.86. The second-order valence-corrected chi connectivity index (χ2v) is 9.52. The molecule has 3 heterocycles. The van der Waals surface area contributed by atoms with E-state index in [0.717, 1.165) is 44.6 Å². The van der Waals surface area contributed by atoms with Gasteiger partial charge in [0.25, 0.3) is 0 Å². The van der Waals surface area contributed by atoms with E-state index in [4.69, 9.17) is 21.1 Å². The molecule has 7 nitrogen and oxygen atoms in total. The van der Waals surface area contributed by atoms with Gasteiger partial charge in [-0.1, -0.05) is 23.7 Å². The molecule has 0 bridgehead atoms. The Morgan fingerprint density at radius 1 is 1.19 bits per heavy atom. The molecule has 0 radical (unpaired) electrons. The average Bonchev–Trinajstić information content (AvgIpc) is 2.73. The van der Waals surface area contributed by atoms with Gasteiger partial charge in [-0.3, -0.25) is 9.69 Å². The summed E-state index contributed by atoms with van der Waals surface area (Å²) in [5.41, 5.74) is 1.12. The van der Waals surface area contributed by atoms with Gasteiger partial charge in [-0.2, -0.15) is 0 Å². The molecule has 1 N–H and O–H groups in total. The van der Waals surface area contributed by atoms with E-state index < -0.39 is 6.10 Å². The first-order chi connectivity index (χ1) is 15.0. The Kier molecular flexibility index (Phi) is 7.85. The van der Waals surface area contributed by atoms with Crippen LogP contribution in [0, 0.1) is 0 Å². The molecule has 3 fully saturated rings. The fraction of sp³-hybridized carbons (Fsp3) is 0.696. The van der Waals surface area contributed by atoms with Crippen LogP contribution in [-0.4, -0.2) is 103 Å². The van der Waals surface area contributed by atoms with Gasteiger partial charge in [0.2, 0.25) is 5.91 Å². The zero-order chi connectivity index (χ0) is 21.8. The van der Waals surface area contributed by atoms with Crippen molar-refractivity contribution in [3.05, 3.63) is 34.9 Å². The van der Waals surface area contributed by atoms with Crippen LogP contribution in [0.15, 0.2) is 24.3 Å². The average molecular weight is 452 g/mol. The number of likely N-dealkylation sites (N-methyl/N-ethyl adjacent to an activating group) is 1. The number of amides is 1. The number of β-amino-alcohol motifs (C(OH)–C–C–N with tert-alkyl or cyclic N) is 1. The van der Waals surface area contributed by atoms with Crippen molar-refractivity contribution in [1.29, 1.82) is 0 Å². The van der Waals surface area contributed by atoms with E-state index in [9.17, 15) is 9.90 Å². The summed E-state index contributed by atoms with van der Waals surface area (Å²) in [5, 5.41) is 11.1. The normalized spacial score (nSPS) is 31.0. The van der Waals surface area contributed by atoms with Crippen LogP contribution in [0.4, 0.5) is 0 Å². The zero-order valence-corrected chi connectivity index (χ0v) is 19.0. The van der Waals surface area contributed by atoms with E-state index in [1.54, 1.807) is 0 Å². The van der Waals surface area contributed by atoms with Crippen LogP contribution in [0.2, 0.25) is 5.02 Å². The summed E-state index contributed by atoms with van der Waals surface area (Å²) in [7, 11) is 2.09. The molecule has 1 amide bonds. The Morgan fingerprint density at radius 2 is 2.00 bits per heavy atom. The van der Waals surface area contributed by atoms with Gasteiger partial charge in [0.1, 0.15) is 0 Å². The number of benzene rings is 1. The first-order valence-electron chi connectivity index (χ1n) is 11.3. The van der Waals surface area contributed by atoms with Gasteiger partial charge in [-0.05, 0) is 37.6 Å². The molecular weight excluding hydrogens is 418 g/mol. The van der Waals surface area contributed by atoms with E-state index in [0.29, 0.717) is 37.7 Å². The Hall–Kier alpha value is -1.22. The fourth-order valence-corrected chi connectivity index (χ4v) is 5.09. The molecular formula is C23H34ClN3O4. The number of aliphatic hydroxyl groups excluding tert-OH is 1. The molecule has 172 valence electrons. The molecule has 0 saturated carbocycles. The Balaban J connectivity index is 1.38. The first kappa shape index (κ1) is 23.0. The summed E-state index contributed by atoms with van der Waals surface area (Å²) in [6.07, 6.45) is 1.48. The number of carbonyl (C=O) groups excluding carboxylic acids is 1. The van der Waals surface area contributed by atoms with Crippen molar-refractivity contribution < 1.29 is 19.4 Å². The smallest absolute Gasteiger partial charge is 0.225 e. The number of carbonyl (C=O) groups is 1. The standard InChI is InChI=1S/C23H34ClN3O4/c1-25-7-9-26(10-8-25)23(29)12-20-5-6-21-22(31-20)16-30-15-19(28)14-27(21)13-17-3-2-4-18(24)11-17/h2-4,11,19-22,28H,5-10,12-16H2,1H3/t19-,20+,21-,22+/m1/s1. The van der Waals surface area contributed by atoms with Crippen LogP contribution in [-0.2, 0) is 20.8 Å². The Labute approximate surface area is 189 Å². The summed E-state index contributed by atoms with van der Waals surface area (Å²) in [6.45, 7) is 5.41. The number of ether oxygens (including phenoxy) is 2. The molecule has 1 aromatic rings. The molecule has 3 aliphatic heterocycles. The van der Waals surface area contributed by atoms with E-state index in [2.05, 4.69) is 22.9 Å². The largest absolute Gasteiger partial charge is 0.389 e. The van der Waals surface area contributed by atoms with Crippen LogP contribution in [0.25, 0.3) is 0 Å². The van der Waals surface area contributed by atoms with E-state index in [1.807, 2.05) is 23.1 Å². The lowest BCUT2D eigenvalue weighted by Gasteiger charge is -2.45. The number of hydrogen-bond donors (Lipinski definition) is 1. The highest BCUT2D eigenvalue weighted by molar-refractivity contribution is 6.30. The van der Waals surface area contributed by atoms with Crippen molar-refractivity contribution in [2.24, 2.45) is 0 Å². The lowest BCUT2D eigenvalue weighted by atomic mass is 9.94. The second-order valence-electron chi connectivity index (χ2n) is 9.08. The number of rotatable bonds is 4. The molecule has 3 saturated heterocycles. The fourth-order valence-electron chi connectivity index (χ4n) is 4.88. The lowest BCUT2D eigenvalue weighted by Crippen LogP contribution is -2.55. The molecule has 0 unspecified atom stereocenters. The van der Waals surface area contributed by atoms with Crippen LogP contribution in [0.1, 0.15) is 24.8 Å². The maximum atomic E-state index is 12.8. The number of piperazine rings is 1. The van der Waals surface area contributed by atoms with Crippen LogP contribution in [0.3, 0.4) is 0 Å². The SMILES string of the molecule is CN1CCN(C(=O)C[C@@H]2CC[C@@H]3[C@H](COC[C@H](O)CN3Cc3cccc(Cl)c3)O2)CC1. The third-order valence-electron chi connectivity index (χ3n) is 6.62. The van der Waals surface area contributed by atoms with Gasteiger partial charge in [-0.25, -0.2) is 0 Å². The minimum atomic E-state index is -0.531. The second kappa shape index (κ2) is 10.6. The van der Waals surface area contributed by atoms with E-state index >= 15 is 0 Å². The number of aliphatic hydroxyl groups is 1. The molecule has 0 aliphatic carbocycles. The number of hydrogen-bond acceptors (Lipinski definition) is 6. The van der Waals surface area contributed by atoms with Gasteiger partial charge in [0.05, 0.1) is 37.9 Å². The van der Waals surface area contributed by atoms with Crippen molar-refractivity contribution in [3.8, 4) is 0 Å². The maximum Gasteiger partial charge on any atom is 0.225 e. The summed E-state index contributed by atoms with van der Waals surface area (Å²) in [5.74, 6) is 0.189. The molecule has 1 aromatic carbocycles.